The number of aromatic nitrogens is 1. The van der Waals surface area contributed by atoms with E-state index in [2.05, 4.69) is 10.3 Å². The lowest BCUT2D eigenvalue weighted by atomic mass is 10.2. The third kappa shape index (κ3) is 3.55. The molecule has 100 valence electrons. The Kier molecular flexibility index (Phi) is 4.18. The summed E-state index contributed by atoms with van der Waals surface area (Å²) in [4.78, 5) is 14.0. The van der Waals surface area contributed by atoms with Crippen molar-refractivity contribution in [3.05, 3.63) is 55.8 Å². The van der Waals surface area contributed by atoms with Crippen LogP contribution in [-0.2, 0) is 13.1 Å². The molecule has 5 nitrogen and oxygen atoms in total. The Morgan fingerprint density at radius 1 is 1.47 bits per heavy atom. The van der Waals surface area contributed by atoms with Gasteiger partial charge in [0.25, 0.3) is 0 Å². The Labute approximate surface area is 113 Å². The number of aryl methyl sites for hydroxylation is 1. The molecule has 0 saturated heterocycles. The lowest BCUT2D eigenvalue weighted by molar-refractivity contribution is -0.387. The molecule has 0 amide bonds. The minimum Gasteiger partial charge on any atom is -0.307 e. The first-order valence-electron chi connectivity index (χ1n) is 5.61. The normalized spacial score (nSPS) is 10.6. The second kappa shape index (κ2) is 5.85. The van der Waals surface area contributed by atoms with Crippen LogP contribution in [0.3, 0.4) is 0 Å². The standard InChI is InChI=1S/C12H12FN3O2S/c1-8-15-10(7-19-8)6-14-5-9-2-3-12(16(17)18)11(13)4-9/h2-4,7,14H,5-6H2,1H3. The zero-order valence-electron chi connectivity index (χ0n) is 10.2. The van der Waals surface area contributed by atoms with Gasteiger partial charge in [0.15, 0.2) is 0 Å². The van der Waals surface area contributed by atoms with Crippen LogP contribution in [0.4, 0.5) is 10.1 Å². The molecule has 1 aromatic heterocycles. The number of nitro benzene ring substituents is 1. The SMILES string of the molecule is Cc1nc(CNCc2ccc([N+](=O)[O-])c(F)c2)cs1. The molecule has 0 bridgehead atoms. The Bertz CT molecular complexity index is 600. The van der Waals surface area contributed by atoms with Crippen molar-refractivity contribution in [3.63, 3.8) is 0 Å². The number of hydrogen-bond acceptors (Lipinski definition) is 5. The number of nitrogens with one attached hydrogen (secondary N) is 1. The third-order valence-corrected chi connectivity index (χ3v) is 3.33. The van der Waals surface area contributed by atoms with Crippen molar-refractivity contribution < 1.29 is 9.31 Å². The Hall–Kier alpha value is -1.86. The van der Waals surface area contributed by atoms with E-state index in [4.69, 9.17) is 0 Å². The summed E-state index contributed by atoms with van der Waals surface area (Å²) in [5, 5.41) is 16.5. The summed E-state index contributed by atoms with van der Waals surface area (Å²) < 4.78 is 13.4. The predicted octanol–water partition coefficient (Wildman–Crippen LogP) is 2.79. The molecule has 0 unspecified atom stereocenters. The quantitative estimate of drug-likeness (QED) is 0.676. The average Bonchev–Trinajstić information content (AvgIpc) is 2.75. The minimum absolute atomic E-state index is 0.436. The third-order valence-electron chi connectivity index (χ3n) is 2.51. The van der Waals surface area contributed by atoms with E-state index < -0.39 is 16.4 Å². The number of rotatable bonds is 5. The van der Waals surface area contributed by atoms with Gasteiger partial charge < -0.3 is 5.32 Å². The van der Waals surface area contributed by atoms with Crippen molar-refractivity contribution in [1.29, 1.82) is 0 Å². The second-order valence-corrected chi connectivity index (χ2v) is 5.07. The molecule has 19 heavy (non-hydrogen) atoms. The van der Waals surface area contributed by atoms with Crippen LogP contribution in [0.5, 0.6) is 0 Å². The number of halogens is 1. The summed E-state index contributed by atoms with van der Waals surface area (Å²) in [6, 6.07) is 3.90. The first-order valence-corrected chi connectivity index (χ1v) is 6.49. The molecule has 7 heteroatoms. The average molecular weight is 281 g/mol. The maximum Gasteiger partial charge on any atom is 0.304 e. The van der Waals surface area contributed by atoms with Crippen LogP contribution in [0.2, 0.25) is 0 Å². The van der Waals surface area contributed by atoms with Gasteiger partial charge in [0.2, 0.25) is 5.82 Å². The van der Waals surface area contributed by atoms with E-state index in [9.17, 15) is 14.5 Å². The molecule has 2 aromatic rings. The van der Waals surface area contributed by atoms with Gasteiger partial charge in [-0.05, 0) is 18.6 Å². The zero-order valence-corrected chi connectivity index (χ0v) is 11.0. The van der Waals surface area contributed by atoms with Gasteiger partial charge in [-0.15, -0.1) is 11.3 Å². The Morgan fingerprint density at radius 3 is 2.84 bits per heavy atom. The number of benzene rings is 1. The highest BCUT2D eigenvalue weighted by Crippen LogP contribution is 2.18. The number of nitro groups is 1. The first-order chi connectivity index (χ1) is 9.06. The minimum atomic E-state index is -0.811. The van der Waals surface area contributed by atoms with Gasteiger partial charge in [0, 0.05) is 24.5 Å². The fraction of sp³-hybridized carbons (Fsp3) is 0.250. The molecule has 1 heterocycles. The molecular formula is C12H12FN3O2S. The van der Waals surface area contributed by atoms with Gasteiger partial charge in [-0.2, -0.15) is 4.39 Å². The van der Waals surface area contributed by atoms with Gasteiger partial charge in [-0.3, -0.25) is 10.1 Å². The topological polar surface area (TPSA) is 68.1 Å². The summed E-state index contributed by atoms with van der Waals surface area (Å²) >= 11 is 1.57. The molecule has 0 atom stereocenters. The van der Waals surface area contributed by atoms with Gasteiger partial charge in [0.1, 0.15) is 0 Å². The molecule has 0 spiro atoms. The van der Waals surface area contributed by atoms with Gasteiger partial charge in [0.05, 0.1) is 15.6 Å². The van der Waals surface area contributed by atoms with Crippen LogP contribution < -0.4 is 5.32 Å². The lowest BCUT2D eigenvalue weighted by Gasteiger charge is -2.03. The van der Waals surface area contributed by atoms with E-state index in [0.29, 0.717) is 18.7 Å². The van der Waals surface area contributed by atoms with Gasteiger partial charge in [-0.1, -0.05) is 6.07 Å². The highest BCUT2D eigenvalue weighted by molar-refractivity contribution is 7.09. The van der Waals surface area contributed by atoms with Crippen molar-refractivity contribution in [2.45, 2.75) is 20.0 Å². The summed E-state index contributed by atoms with van der Waals surface area (Å²) in [6.07, 6.45) is 0. The highest BCUT2D eigenvalue weighted by atomic mass is 32.1. The predicted molar refractivity (Wildman–Crippen MR) is 70.4 cm³/mol. The molecular weight excluding hydrogens is 269 g/mol. The van der Waals surface area contributed by atoms with E-state index in [1.54, 1.807) is 17.4 Å². The lowest BCUT2D eigenvalue weighted by Crippen LogP contribution is -2.13. The maximum atomic E-state index is 13.4. The van der Waals surface area contributed by atoms with Crippen LogP contribution >= 0.6 is 11.3 Å². The van der Waals surface area contributed by atoms with Gasteiger partial charge in [-0.25, -0.2) is 4.98 Å². The van der Waals surface area contributed by atoms with Crippen LogP contribution in [-0.4, -0.2) is 9.91 Å². The largest absolute Gasteiger partial charge is 0.307 e. The Morgan fingerprint density at radius 2 is 2.26 bits per heavy atom. The molecule has 2 rings (SSSR count). The van der Waals surface area contributed by atoms with E-state index in [1.165, 1.54) is 12.1 Å². The van der Waals surface area contributed by atoms with Crippen LogP contribution in [0.1, 0.15) is 16.3 Å². The molecule has 0 radical (unpaired) electrons. The van der Waals surface area contributed by atoms with Gasteiger partial charge >= 0.3 is 5.69 Å². The number of thiazole rings is 1. The zero-order chi connectivity index (χ0) is 13.8. The molecule has 0 aliphatic rings. The van der Waals surface area contributed by atoms with Crippen molar-refractivity contribution in [3.8, 4) is 0 Å². The molecule has 0 fully saturated rings. The van der Waals surface area contributed by atoms with E-state index >= 15 is 0 Å². The second-order valence-electron chi connectivity index (χ2n) is 4.00. The fourth-order valence-corrected chi connectivity index (χ4v) is 2.25. The number of hydrogen-bond donors (Lipinski definition) is 1. The smallest absolute Gasteiger partial charge is 0.304 e. The fourth-order valence-electron chi connectivity index (χ4n) is 1.63. The van der Waals surface area contributed by atoms with E-state index in [0.717, 1.165) is 10.7 Å². The highest BCUT2D eigenvalue weighted by Gasteiger charge is 2.13. The first kappa shape index (κ1) is 13.6. The van der Waals surface area contributed by atoms with Crippen molar-refractivity contribution in [1.82, 2.24) is 10.3 Å². The molecule has 0 saturated carbocycles. The van der Waals surface area contributed by atoms with Crippen molar-refractivity contribution in [2.75, 3.05) is 0 Å². The summed E-state index contributed by atoms with van der Waals surface area (Å²) in [5.74, 6) is -0.811. The monoisotopic (exact) mass is 281 g/mol. The van der Waals surface area contributed by atoms with Crippen molar-refractivity contribution >= 4 is 17.0 Å². The summed E-state index contributed by atoms with van der Waals surface area (Å²) in [5.41, 5.74) is 1.10. The molecule has 0 aliphatic heterocycles. The summed E-state index contributed by atoms with van der Waals surface area (Å²) in [6.45, 7) is 2.95. The van der Waals surface area contributed by atoms with E-state index in [1.807, 2.05) is 12.3 Å². The molecule has 1 N–H and O–H groups in total. The Balaban J connectivity index is 1.93. The van der Waals surface area contributed by atoms with Crippen LogP contribution in [0, 0.1) is 22.9 Å². The molecule has 1 aromatic carbocycles. The van der Waals surface area contributed by atoms with Crippen LogP contribution in [0.15, 0.2) is 23.6 Å². The maximum absolute atomic E-state index is 13.4. The van der Waals surface area contributed by atoms with Crippen molar-refractivity contribution in [2.24, 2.45) is 0 Å². The number of nitrogens with zero attached hydrogens (tertiary/aromatic N) is 2. The summed E-state index contributed by atoms with van der Waals surface area (Å²) in [7, 11) is 0. The molecule has 0 aliphatic carbocycles. The van der Waals surface area contributed by atoms with Crippen LogP contribution in [0.25, 0.3) is 0 Å². The van der Waals surface area contributed by atoms with E-state index in [-0.39, 0.29) is 0 Å².